The van der Waals surface area contributed by atoms with Gasteiger partial charge in [-0.05, 0) is 30.7 Å². The highest BCUT2D eigenvalue weighted by molar-refractivity contribution is 6.31. The highest BCUT2D eigenvalue weighted by Crippen LogP contribution is 2.31. The van der Waals surface area contributed by atoms with Crippen molar-refractivity contribution in [2.24, 2.45) is 0 Å². The Morgan fingerprint density at radius 2 is 2.19 bits per heavy atom. The van der Waals surface area contributed by atoms with E-state index in [0.717, 1.165) is 28.1 Å². The molecule has 21 heavy (non-hydrogen) atoms. The minimum Gasteiger partial charge on any atom is -0.495 e. The molecule has 0 saturated heterocycles. The highest BCUT2D eigenvalue weighted by Gasteiger charge is 2.08. The molecule has 0 aliphatic carbocycles. The first-order chi connectivity index (χ1) is 10.2. The number of nitrogens with one attached hydrogen (secondary N) is 1. The van der Waals surface area contributed by atoms with Gasteiger partial charge in [0.1, 0.15) is 5.75 Å². The number of hydrogen-bond acceptors (Lipinski definition) is 3. The van der Waals surface area contributed by atoms with Gasteiger partial charge in [-0.1, -0.05) is 17.7 Å². The Morgan fingerprint density at radius 3 is 3.00 bits per heavy atom. The summed E-state index contributed by atoms with van der Waals surface area (Å²) in [4.78, 5) is 0. The standard InChI is InChI=1S/C16H16ClN3O/c1-11-7-14(16(21-2)8-13(11)17)18-9-12-10-19-20-6-4-3-5-15(12)20/h3-8,10,18H,9H2,1-2H3. The maximum absolute atomic E-state index is 6.12. The Bertz CT molecular complexity index is 782. The maximum Gasteiger partial charge on any atom is 0.143 e. The molecule has 1 N–H and O–H groups in total. The number of aryl methyl sites for hydroxylation is 1. The molecule has 0 bridgehead atoms. The summed E-state index contributed by atoms with van der Waals surface area (Å²) >= 11 is 6.12. The van der Waals surface area contributed by atoms with Crippen molar-refractivity contribution in [3.63, 3.8) is 0 Å². The SMILES string of the molecule is COc1cc(Cl)c(C)cc1NCc1cnn2ccccc12. The van der Waals surface area contributed by atoms with Gasteiger partial charge in [0.25, 0.3) is 0 Å². The topological polar surface area (TPSA) is 38.6 Å². The highest BCUT2D eigenvalue weighted by atomic mass is 35.5. The molecule has 0 amide bonds. The van der Waals surface area contributed by atoms with Gasteiger partial charge in [0, 0.05) is 29.4 Å². The van der Waals surface area contributed by atoms with Gasteiger partial charge in [0.05, 0.1) is 24.5 Å². The molecule has 0 aliphatic rings. The van der Waals surface area contributed by atoms with E-state index in [4.69, 9.17) is 16.3 Å². The maximum atomic E-state index is 6.12. The fourth-order valence-electron chi connectivity index (χ4n) is 2.28. The van der Waals surface area contributed by atoms with Crippen molar-refractivity contribution in [3.8, 4) is 5.75 Å². The molecule has 5 heteroatoms. The van der Waals surface area contributed by atoms with E-state index in [-0.39, 0.29) is 0 Å². The van der Waals surface area contributed by atoms with Crippen molar-refractivity contribution in [1.82, 2.24) is 9.61 Å². The first kappa shape index (κ1) is 13.8. The zero-order valence-electron chi connectivity index (χ0n) is 11.9. The van der Waals surface area contributed by atoms with Crippen molar-refractivity contribution in [1.29, 1.82) is 0 Å². The van der Waals surface area contributed by atoms with Crippen LogP contribution >= 0.6 is 11.6 Å². The van der Waals surface area contributed by atoms with Gasteiger partial charge in [0.15, 0.2) is 0 Å². The lowest BCUT2D eigenvalue weighted by Gasteiger charge is -2.12. The van der Waals surface area contributed by atoms with E-state index < -0.39 is 0 Å². The van der Waals surface area contributed by atoms with Crippen molar-refractivity contribution in [3.05, 3.63) is 58.9 Å². The van der Waals surface area contributed by atoms with Crippen LogP contribution in [0, 0.1) is 6.92 Å². The molecule has 4 nitrogen and oxygen atoms in total. The van der Waals surface area contributed by atoms with Crippen LogP contribution in [0.25, 0.3) is 5.52 Å². The molecule has 3 rings (SSSR count). The number of fused-ring (bicyclic) bond motifs is 1. The summed E-state index contributed by atoms with van der Waals surface area (Å²) in [7, 11) is 1.64. The molecule has 108 valence electrons. The molecule has 1 aromatic carbocycles. The summed E-state index contributed by atoms with van der Waals surface area (Å²) in [5.41, 5.74) is 4.16. The fraction of sp³-hybridized carbons (Fsp3) is 0.188. The van der Waals surface area contributed by atoms with Crippen LogP contribution in [0.15, 0.2) is 42.7 Å². The van der Waals surface area contributed by atoms with Gasteiger partial charge in [-0.15, -0.1) is 0 Å². The first-order valence-electron chi connectivity index (χ1n) is 6.68. The monoisotopic (exact) mass is 301 g/mol. The number of ether oxygens (including phenoxy) is 1. The normalized spacial score (nSPS) is 10.8. The molecule has 2 aromatic heterocycles. The minimum absolute atomic E-state index is 0.672. The number of methoxy groups -OCH3 is 1. The van der Waals surface area contributed by atoms with Crippen LogP contribution in [0.3, 0.4) is 0 Å². The van der Waals surface area contributed by atoms with Crippen molar-refractivity contribution >= 4 is 22.8 Å². The lowest BCUT2D eigenvalue weighted by Crippen LogP contribution is -2.02. The third-order valence-corrected chi connectivity index (χ3v) is 3.86. The molecule has 0 unspecified atom stereocenters. The van der Waals surface area contributed by atoms with Crippen LogP contribution in [-0.4, -0.2) is 16.7 Å². The summed E-state index contributed by atoms with van der Waals surface area (Å²) in [6, 6.07) is 9.84. The predicted molar refractivity (Wildman–Crippen MR) is 85.3 cm³/mol. The number of aromatic nitrogens is 2. The van der Waals surface area contributed by atoms with E-state index in [1.54, 1.807) is 7.11 Å². The third kappa shape index (κ3) is 2.67. The number of halogens is 1. The first-order valence-corrected chi connectivity index (χ1v) is 7.06. The van der Waals surface area contributed by atoms with Gasteiger partial charge >= 0.3 is 0 Å². The van der Waals surface area contributed by atoms with Crippen molar-refractivity contribution in [2.45, 2.75) is 13.5 Å². The number of rotatable bonds is 4. The molecule has 3 aromatic rings. The van der Waals surface area contributed by atoms with E-state index in [9.17, 15) is 0 Å². The molecule has 0 fully saturated rings. The quantitative estimate of drug-likeness (QED) is 0.794. The van der Waals surface area contributed by atoms with E-state index in [1.165, 1.54) is 0 Å². The minimum atomic E-state index is 0.672. The number of benzene rings is 1. The average Bonchev–Trinajstić information content (AvgIpc) is 2.91. The summed E-state index contributed by atoms with van der Waals surface area (Å²) in [5.74, 6) is 0.738. The second-order valence-electron chi connectivity index (χ2n) is 4.86. The van der Waals surface area contributed by atoms with Gasteiger partial charge in [-0.3, -0.25) is 0 Å². The smallest absolute Gasteiger partial charge is 0.143 e. The third-order valence-electron chi connectivity index (χ3n) is 3.46. The van der Waals surface area contributed by atoms with E-state index in [0.29, 0.717) is 11.6 Å². The van der Waals surface area contributed by atoms with Crippen LogP contribution in [0.1, 0.15) is 11.1 Å². The summed E-state index contributed by atoms with van der Waals surface area (Å²) in [5, 5.41) is 8.42. The van der Waals surface area contributed by atoms with Gasteiger partial charge in [0.2, 0.25) is 0 Å². The van der Waals surface area contributed by atoms with Gasteiger partial charge in [-0.2, -0.15) is 5.10 Å². The predicted octanol–water partition coefficient (Wildman–Crippen LogP) is 3.92. The Kier molecular flexibility index (Phi) is 3.71. The second-order valence-corrected chi connectivity index (χ2v) is 5.26. The Balaban J connectivity index is 1.86. The Hall–Kier alpha value is -2.20. The average molecular weight is 302 g/mol. The molecule has 0 radical (unpaired) electrons. The van der Waals surface area contributed by atoms with Crippen LogP contribution in [0.4, 0.5) is 5.69 Å². The lowest BCUT2D eigenvalue weighted by molar-refractivity contribution is 0.416. The van der Waals surface area contributed by atoms with Gasteiger partial charge in [-0.25, -0.2) is 4.52 Å². The van der Waals surface area contributed by atoms with E-state index in [2.05, 4.69) is 10.4 Å². The van der Waals surface area contributed by atoms with Crippen LogP contribution in [0.2, 0.25) is 5.02 Å². The Morgan fingerprint density at radius 1 is 1.33 bits per heavy atom. The van der Waals surface area contributed by atoms with Crippen molar-refractivity contribution < 1.29 is 4.74 Å². The van der Waals surface area contributed by atoms with Crippen LogP contribution in [-0.2, 0) is 6.54 Å². The largest absolute Gasteiger partial charge is 0.495 e. The summed E-state index contributed by atoms with van der Waals surface area (Å²) < 4.78 is 7.23. The molecule has 0 saturated carbocycles. The van der Waals surface area contributed by atoms with Crippen molar-refractivity contribution in [2.75, 3.05) is 12.4 Å². The molecule has 0 atom stereocenters. The number of nitrogens with zero attached hydrogens (tertiary/aromatic N) is 2. The zero-order chi connectivity index (χ0) is 14.8. The summed E-state index contributed by atoms with van der Waals surface area (Å²) in [6.45, 7) is 2.65. The Labute approximate surface area is 128 Å². The molecule has 0 aliphatic heterocycles. The van der Waals surface area contributed by atoms with Crippen LogP contribution in [0.5, 0.6) is 5.75 Å². The lowest BCUT2D eigenvalue weighted by atomic mass is 10.2. The molecular formula is C16H16ClN3O. The molecule has 0 spiro atoms. The second kappa shape index (κ2) is 5.66. The molecule has 2 heterocycles. The summed E-state index contributed by atoms with van der Waals surface area (Å²) in [6.07, 6.45) is 3.81. The van der Waals surface area contributed by atoms with E-state index in [1.807, 2.05) is 54.2 Å². The van der Waals surface area contributed by atoms with Crippen LogP contribution < -0.4 is 10.1 Å². The number of pyridine rings is 1. The van der Waals surface area contributed by atoms with Gasteiger partial charge < -0.3 is 10.1 Å². The number of anilines is 1. The fourth-order valence-corrected chi connectivity index (χ4v) is 2.44. The zero-order valence-corrected chi connectivity index (χ0v) is 12.7. The molecular weight excluding hydrogens is 286 g/mol. The number of hydrogen-bond donors (Lipinski definition) is 1. The van der Waals surface area contributed by atoms with E-state index >= 15 is 0 Å².